The van der Waals surface area contributed by atoms with Crippen LogP contribution in [0.15, 0.2) is 36.4 Å². The number of nitrogens with zero attached hydrogens (tertiary/aromatic N) is 1. The highest BCUT2D eigenvalue weighted by molar-refractivity contribution is 6.00. The first-order valence-electron chi connectivity index (χ1n) is 8.37. The van der Waals surface area contributed by atoms with Gasteiger partial charge in [0.15, 0.2) is 17.6 Å². The molecule has 0 heterocycles. The lowest BCUT2D eigenvalue weighted by Crippen LogP contribution is -2.30. The second kappa shape index (κ2) is 9.40. The van der Waals surface area contributed by atoms with E-state index in [-0.39, 0.29) is 17.1 Å². The number of carbonyl (C=O) groups is 2. The lowest BCUT2D eigenvalue weighted by Gasteiger charge is -2.16. The maximum atomic E-state index is 12.5. The Morgan fingerprint density at radius 2 is 1.59 bits per heavy atom. The molecule has 0 saturated carbocycles. The predicted molar refractivity (Wildman–Crippen MR) is 103 cm³/mol. The smallest absolute Gasteiger partial charge is 0.346 e. The summed E-state index contributed by atoms with van der Waals surface area (Å²) in [4.78, 5) is 35.4. The van der Waals surface area contributed by atoms with Crippen LogP contribution in [0.5, 0.6) is 17.2 Å². The maximum absolute atomic E-state index is 12.5. The molecule has 154 valence electrons. The van der Waals surface area contributed by atoms with Gasteiger partial charge in [-0.2, -0.15) is 0 Å². The maximum Gasteiger partial charge on any atom is 0.346 e. The first kappa shape index (κ1) is 21.5. The van der Waals surface area contributed by atoms with Crippen molar-refractivity contribution in [1.29, 1.82) is 0 Å². The minimum atomic E-state index is -1.24. The minimum absolute atomic E-state index is 0.0812. The number of para-hydroxylation sites is 2. The van der Waals surface area contributed by atoms with Gasteiger partial charge < -0.3 is 24.3 Å². The van der Waals surface area contributed by atoms with Gasteiger partial charge in [0.25, 0.3) is 11.6 Å². The summed E-state index contributed by atoms with van der Waals surface area (Å²) in [6.45, 7) is 1.34. The molecule has 2 aromatic rings. The van der Waals surface area contributed by atoms with Crippen LogP contribution in [0.1, 0.15) is 17.3 Å². The second-order valence-corrected chi connectivity index (χ2v) is 5.72. The van der Waals surface area contributed by atoms with Gasteiger partial charge in [-0.3, -0.25) is 14.9 Å². The normalized spacial score (nSPS) is 11.2. The molecule has 0 saturated heterocycles. The Hall–Kier alpha value is -3.82. The molecular weight excluding hydrogens is 384 g/mol. The van der Waals surface area contributed by atoms with Crippen molar-refractivity contribution < 1.29 is 33.5 Å². The lowest BCUT2D eigenvalue weighted by molar-refractivity contribution is -0.385. The SMILES string of the molecule is COc1ccccc1NC(=O)[C@@H](C)OC(=O)c1cc(OC)c(OC)cc1[N+](=O)[O-]. The number of carbonyl (C=O) groups excluding carboxylic acids is 2. The van der Waals surface area contributed by atoms with E-state index in [4.69, 9.17) is 18.9 Å². The molecule has 1 N–H and O–H groups in total. The van der Waals surface area contributed by atoms with Gasteiger partial charge in [0, 0.05) is 6.07 Å². The quantitative estimate of drug-likeness (QED) is 0.404. The Morgan fingerprint density at radius 1 is 1.00 bits per heavy atom. The van der Waals surface area contributed by atoms with Crippen molar-refractivity contribution in [2.24, 2.45) is 0 Å². The monoisotopic (exact) mass is 404 g/mol. The fourth-order valence-electron chi connectivity index (χ4n) is 2.44. The summed E-state index contributed by atoms with van der Waals surface area (Å²) in [7, 11) is 4.08. The van der Waals surface area contributed by atoms with Gasteiger partial charge in [-0.05, 0) is 19.1 Å². The first-order chi connectivity index (χ1) is 13.8. The zero-order valence-electron chi connectivity index (χ0n) is 16.3. The topological polar surface area (TPSA) is 126 Å². The van der Waals surface area contributed by atoms with E-state index < -0.39 is 28.6 Å². The molecule has 0 aliphatic heterocycles. The van der Waals surface area contributed by atoms with Gasteiger partial charge in [-0.15, -0.1) is 0 Å². The van der Waals surface area contributed by atoms with Crippen LogP contribution in [0.25, 0.3) is 0 Å². The Labute approximate surface area is 166 Å². The molecule has 0 aliphatic carbocycles. The molecular formula is C19H20N2O8. The van der Waals surface area contributed by atoms with E-state index in [0.717, 1.165) is 12.1 Å². The molecule has 0 fully saturated rings. The Morgan fingerprint density at radius 3 is 2.17 bits per heavy atom. The van der Waals surface area contributed by atoms with Crippen LogP contribution in [-0.4, -0.2) is 44.2 Å². The number of rotatable bonds is 8. The van der Waals surface area contributed by atoms with E-state index in [0.29, 0.717) is 11.4 Å². The fourth-order valence-corrected chi connectivity index (χ4v) is 2.44. The molecule has 0 spiro atoms. The van der Waals surface area contributed by atoms with Crippen LogP contribution in [0, 0.1) is 10.1 Å². The summed E-state index contributed by atoms with van der Waals surface area (Å²) in [6.07, 6.45) is -1.24. The number of amides is 1. The van der Waals surface area contributed by atoms with Gasteiger partial charge in [-0.1, -0.05) is 12.1 Å². The number of methoxy groups -OCH3 is 3. The summed E-state index contributed by atoms with van der Waals surface area (Å²) in [6, 6.07) is 8.87. The number of hydrogen-bond donors (Lipinski definition) is 1. The molecule has 0 aromatic heterocycles. The number of esters is 1. The predicted octanol–water partition coefficient (Wildman–Crippen LogP) is 2.80. The Kier molecular flexibility index (Phi) is 6.96. The lowest BCUT2D eigenvalue weighted by atomic mass is 10.1. The van der Waals surface area contributed by atoms with Crippen LogP contribution < -0.4 is 19.5 Å². The van der Waals surface area contributed by atoms with Crippen LogP contribution in [0.4, 0.5) is 11.4 Å². The zero-order valence-corrected chi connectivity index (χ0v) is 16.3. The van der Waals surface area contributed by atoms with Gasteiger partial charge in [-0.25, -0.2) is 4.79 Å². The summed E-state index contributed by atoms with van der Waals surface area (Å²) < 4.78 is 20.3. The van der Waals surface area contributed by atoms with Crippen molar-refractivity contribution in [2.75, 3.05) is 26.6 Å². The summed E-state index contributed by atoms with van der Waals surface area (Å²) >= 11 is 0. The van der Waals surface area contributed by atoms with Crippen LogP contribution in [0.2, 0.25) is 0 Å². The number of ether oxygens (including phenoxy) is 4. The van der Waals surface area contributed by atoms with E-state index in [1.54, 1.807) is 24.3 Å². The van der Waals surface area contributed by atoms with E-state index in [9.17, 15) is 19.7 Å². The minimum Gasteiger partial charge on any atom is -0.495 e. The summed E-state index contributed by atoms with van der Waals surface area (Å²) in [5.74, 6) is -1.07. The largest absolute Gasteiger partial charge is 0.495 e. The van der Waals surface area contributed by atoms with Gasteiger partial charge in [0.1, 0.15) is 11.3 Å². The van der Waals surface area contributed by atoms with Gasteiger partial charge in [0.05, 0.1) is 38.0 Å². The van der Waals surface area contributed by atoms with Crippen LogP contribution in [-0.2, 0) is 9.53 Å². The summed E-state index contributed by atoms with van der Waals surface area (Å²) in [5, 5.41) is 13.9. The highest BCUT2D eigenvalue weighted by Gasteiger charge is 2.28. The van der Waals surface area contributed by atoms with E-state index in [2.05, 4.69) is 5.32 Å². The second-order valence-electron chi connectivity index (χ2n) is 5.72. The van der Waals surface area contributed by atoms with E-state index >= 15 is 0 Å². The van der Waals surface area contributed by atoms with Gasteiger partial charge >= 0.3 is 5.97 Å². The third-order valence-electron chi connectivity index (χ3n) is 3.94. The standard InChI is InChI=1S/C19H20N2O8/c1-11(18(22)20-13-7-5-6-8-15(13)26-2)29-19(23)12-9-16(27-3)17(28-4)10-14(12)21(24)25/h5-11H,1-4H3,(H,20,22)/t11-/m1/s1. The van der Waals surface area contributed by atoms with Crippen molar-refractivity contribution in [2.45, 2.75) is 13.0 Å². The van der Waals surface area contributed by atoms with Crippen molar-refractivity contribution in [3.8, 4) is 17.2 Å². The third-order valence-corrected chi connectivity index (χ3v) is 3.94. The number of nitrogens with one attached hydrogen (secondary N) is 1. The molecule has 0 radical (unpaired) electrons. The first-order valence-corrected chi connectivity index (χ1v) is 8.37. The number of anilines is 1. The molecule has 1 atom stereocenters. The molecule has 2 rings (SSSR count). The number of benzene rings is 2. The molecule has 2 aromatic carbocycles. The van der Waals surface area contributed by atoms with Crippen molar-refractivity contribution >= 4 is 23.3 Å². The highest BCUT2D eigenvalue weighted by Crippen LogP contribution is 2.35. The van der Waals surface area contributed by atoms with Crippen LogP contribution in [0.3, 0.4) is 0 Å². The highest BCUT2D eigenvalue weighted by atomic mass is 16.6. The Bertz CT molecular complexity index is 928. The zero-order chi connectivity index (χ0) is 21.6. The Balaban J connectivity index is 2.22. The van der Waals surface area contributed by atoms with Crippen molar-refractivity contribution in [1.82, 2.24) is 0 Å². The molecule has 1 amide bonds. The van der Waals surface area contributed by atoms with E-state index in [1.165, 1.54) is 28.3 Å². The molecule has 0 unspecified atom stereocenters. The molecule has 0 aliphatic rings. The van der Waals surface area contributed by atoms with Crippen molar-refractivity contribution in [3.05, 3.63) is 52.1 Å². The number of nitro groups is 1. The van der Waals surface area contributed by atoms with Crippen molar-refractivity contribution in [3.63, 3.8) is 0 Å². The fraction of sp³-hybridized carbons (Fsp3) is 0.263. The molecule has 10 nitrogen and oxygen atoms in total. The number of nitro benzene ring substituents is 1. The molecule has 29 heavy (non-hydrogen) atoms. The molecule has 0 bridgehead atoms. The van der Waals surface area contributed by atoms with Gasteiger partial charge in [0.2, 0.25) is 0 Å². The van der Waals surface area contributed by atoms with E-state index in [1.807, 2.05) is 0 Å². The average Bonchev–Trinajstić information content (AvgIpc) is 2.72. The summed E-state index contributed by atoms with van der Waals surface area (Å²) in [5.41, 5.74) is -0.519. The third kappa shape index (κ3) is 4.92. The van der Waals surface area contributed by atoms with Crippen LogP contribution >= 0.6 is 0 Å². The average molecular weight is 404 g/mol. The number of hydrogen-bond acceptors (Lipinski definition) is 8. The molecule has 10 heteroatoms.